The lowest BCUT2D eigenvalue weighted by atomic mass is 9.98. The number of nitrogen functional groups attached to an aromatic ring is 1. The normalized spacial score (nSPS) is 15.2. The van der Waals surface area contributed by atoms with Gasteiger partial charge in [0.25, 0.3) is 0 Å². The summed E-state index contributed by atoms with van der Waals surface area (Å²) in [6.45, 7) is 5.92. The Morgan fingerprint density at radius 1 is 1.35 bits per heavy atom. The summed E-state index contributed by atoms with van der Waals surface area (Å²) in [5.41, 5.74) is 9.63. The molecule has 0 aliphatic carbocycles. The van der Waals surface area contributed by atoms with E-state index in [-0.39, 0.29) is 0 Å². The number of benzene rings is 1. The lowest BCUT2D eigenvalue weighted by Gasteiger charge is -2.29. The van der Waals surface area contributed by atoms with Gasteiger partial charge < -0.3 is 5.73 Å². The number of hydrogen-bond acceptors (Lipinski definition) is 4. The van der Waals surface area contributed by atoms with Crippen molar-refractivity contribution in [2.24, 2.45) is 0 Å². The molecule has 5 nitrogen and oxygen atoms in total. The van der Waals surface area contributed by atoms with Crippen LogP contribution in [0, 0.1) is 0 Å². The molecule has 2 aromatic rings. The van der Waals surface area contributed by atoms with Crippen LogP contribution in [-0.2, 0) is 26.1 Å². The minimum absolute atomic E-state index is 0.855. The summed E-state index contributed by atoms with van der Waals surface area (Å²) in [4.78, 5) is 6.80. The SMILES string of the molecule is CCCn1ncnc1CN1CCc2c(N)cccc2C1. The van der Waals surface area contributed by atoms with E-state index in [0.29, 0.717) is 0 Å². The first kappa shape index (κ1) is 13.1. The Labute approximate surface area is 119 Å². The fourth-order valence-electron chi connectivity index (χ4n) is 2.84. The number of hydrogen-bond donors (Lipinski definition) is 1. The first-order chi connectivity index (χ1) is 9.78. The molecule has 0 atom stereocenters. The molecular weight excluding hydrogens is 250 g/mol. The smallest absolute Gasteiger partial charge is 0.141 e. The maximum atomic E-state index is 6.04. The first-order valence-electron chi connectivity index (χ1n) is 7.23. The van der Waals surface area contributed by atoms with E-state index in [2.05, 4.69) is 28.0 Å². The molecule has 106 valence electrons. The highest BCUT2D eigenvalue weighted by molar-refractivity contribution is 5.51. The summed E-state index contributed by atoms with van der Waals surface area (Å²) in [5, 5.41) is 4.29. The molecule has 0 spiro atoms. The fourth-order valence-corrected chi connectivity index (χ4v) is 2.84. The fraction of sp³-hybridized carbons (Fsp3) is 0.467. The van der Waals surface area contributed by atoms with Gasteiger partial charge in [-0.2, -0.15) is 5.10 Å². The van der Waals surface area contributed by atoms with E-state index < -0.39 is 0 Å². The Bertz CT molecular complexity index is 590. The van der Waals surface area contributed by atoms with Gasteiger partial charge in [0.1, 0.15) is 12.2 Å². The molecule has 0 amide bonds. The van der Waals surface area contributed by atoms with Crippen LogP contribution in [0.5, 0.6) is 0 Å². The van der Waals surface area contributed by atoms with Crippen LogP contribution in [0.2, 0.25) is 0 Å². The molecule has 20 heavy (non-hydrogen) atoms. The molecule has 0 unspecified atom stereocenters. The average Bonchev–Trinajstić information content (AvgIpc) is 2.87. The average molecular weight is 271 g/mol. The lowest BCUT2D eigenvalue weighted by Crippen LogP contribution is -2.31. The summed E-state index contributed by atoms with van der Waals surface area (Å²) in [6, 6.07) is 6.21. The standard InChI is InChI=1S/C15H21N5/c1-2-7-20-15(17-11-18-20)10-19-8-6-13-12(9-19)4-3-5-14(13)16/h3-5,11H,2,6-10,16H2,1H3. The van der Waals surface area contributed by atoms with E-state index in [0.717, 1.165) is 50.5 Å². The Morgan fingerprint density at radius 3 is 3.10 bits per heavy atom. The van der Waals surface area contributed by atoms with Gasteiger partial charge in [-0.3, -0.25) is 4.90 Å². The Kier molecular flexibility index (Phi) is 3.69. The number of anilines is 1. The van der Waals surface area contributed by atoms with Gasteiger partial charge in [-0.1, -0.05) is 19.1 Å². The van der Waals surface area contributed by atoms with Crippen molar-refractivity contribution >= 4 is 5.69 Å². The lowest BCUT2D eigenvalue weighted by molar-refractivity contribution is 0.234. The quantitative estimate of drug-likeness (QED) is 0.862. The number of rotatable bonds is 4. The van der Waals surface area contributed by atoms with Crippen LogP contribution in [0.1, 0.15) is 30.3 Å². The maximum absolute atomic E-state index is 6.04. The first-order valence-corrected chi connectivity index (χ1v) is 7.23. The van der Waals surface area contributed by atoms with Gasteiger partial charge in [-0.25, -0.2) is 9.67 Å². The number of aryl methyl sites for hydroxylation is 1. The van der Waals surface area contributed by atoms with E-state index >= 15 is 0 Å². The minimum atomic E-state index is 0.855. The number of aromatic nitrogens is 3. The molecule has 2 heterocycles. The molecule has 2 N–H and O–H groups in total. The molecule has 0 saturated heterocycles. The molecule has 1 aromatic carbocycles. The van der Waals surface area contributed by atoms with Crippen molar-refractivity contribution in [1.29, 1.82) is 0 Å². The van der Waals surface area contributed by atoms with Crippen LogP contribution in [0.4, 0.5) is 5.69 Å². The van der Waals surface area contributed by atoms with Crippen molar-refractivity contribution in [3.63, 3.8) is 0 Å². The molecule has 1 aliphatic rings. The largest absolute Gasteiger partial charge is 0.398 e. The van der Waals surface area contributed by atoms with E-state index in [4.69, 9.17) is 5.73 Å². The predicted octanol–water partition coefficient (Wildman–Crippen LogP) is 1.83. The molecule has 0 saturated carbocycles. The number of fused-ring (bicyclic) bond motifs is 1. The van der Waals surface area contributed by atoms with Crippen LogP contribution >= 0.6 is 0 Å². The minimum Gasteiger partial charge on any atom is -0.398 e. The van der Waals surface area contributed by atoms with Crippen molar-refractivity contribution in [3.05, 3.63) is 41.5 Å². The topological polar surface area (TPSA) is 60.0 Å². The van der Waals surface area contributed by atoms with Crippen LogP contribution in [0.3, 0.4) is 0 Å². The second-order valence-corrected chi connectivity index (χ2v) is 5.34. The molecule has 1 aromatic heterocycles. The monoisotopic (exact) mass is 271 g/mol. The highest BCUT2D eigenvalue weighted by Crippen LogP contribution is 2.24. The summed E-state index contributed by atoms with van der Waals surface area (Å²) >= 11 is 0. The van der Waals surface area contributed by atoms with Gasteiger partial charge in [-0.15, -0.1) is 0 Å². The molecule has 0 radical (unpaired) electrons. The van der Waals surface area contributed by atoms with Crippen LogP contribution in [0.15, 0.2) is 24.5 Å². The number of nitrogens with zero attached hydrogens (tertiary/aromatic N) is 4. The highest BCUT2D eigenvalue weighted by atomic mass is 15.3. The summed E-state index contributed by atoms with van der Waals surface area (Å²) in [6.07, 6.45) is 3.75. The van der Waals surface area contributed by atoms with E-state index in [1.165, 1.54) is 11.1 Å². The van der Waals surface area contributed by atoms with Crippen molar-refractivity contribution in [1.82, 2.24) is 19.7 Å². The van der Waals surface area contributed by atoms with Crippen molar-refractivity contribution in [2.75, 3.05) is 12.3 Å². The third kappa shape index (κ3) is 2.54. The van der Waals surface area contributed by atoms with Crippen LogP contribution in [-0.4, -0.2) is 26.2 Å². The van der Waals surface area contributed by atoms with Crippen molar-refractivity contribution in [2.45, 2.75) is 39.4 Å². The van der Waals surface area contributed by atoms with Crippen LogP contribution < -0.4 is 5.73 Å². The van der Waals surface area contributed by atoms with Gasteiger partial charge in [-0.05, 0) is 30.0 Å². The molecule has 0 bridgehead atoms. The summed E-state index contributed by atoms with van der Waals surface area (Å²) < 4.78 is 2.01. The Balaban J connectivity index is 1.73. The highest BCUT2D eigenvalue weighted by Gasteiger charge is 2.19. The van der Waals surface area contributed by atoms with Gasteiger partial charge in [0.05, 0.1) is 6.54 Å². The predicted molar refractivity (Wildman–Crippen MR) is 79.0 cm³/mol. The zero-order chi connectivity index (χ0) is 13.9. The van der Waals surface area contributed by atoms with Gasteiger partial charge in [0.2, 0.25) is 0 Å². The van der Waals surface area contributed by atoms with Crippen LogP contribution in [0.25, 0.3) is 0 Å². The Hall–Kier alpha value is -1.88. The second kappa shape index (κ2) is 5.63. The van der Waals surface area contributed by atoms with Gasteiger partial charge >= 0.3 is 0 Å². The zero-order valence-electron chi connectivity index (χ0n) is 11.9. The van der Waals surface area contributed by atoms with Gasteiger partial charge in [0.15, 0.2) is 0 Å². The van der Waals surface area contributed by atoms with E-state index in [1.807, 2.05) is 16.8 Å². The van der Waals surface area contributed by atoms with E-state index in [9.17, 15) is 0 Å². The Morgan fingerprint density at radius 2 is 2.25 bits per heavy atom. The molecular formula is C15H21N5. The van der Waals surface area contributed by atoms with E-state index in [1.54, 1.807) is 6.33 Å². The molecule has 0 fully saturated rings. The maximum Gasteiger partial charge on any atom is 0.141 e. The van der Waals surface area contributed by atoms with Gasteiger partial charge in [0, 0.05) is 25.3 Å². The second-order valence-electron chi connectivity index (χ2n) is 5.34. The molecule has 5 heteroatoms. The molecule has 3 rings (SSSR count). The summed E-state index contributed by atoms with van der Waals surface area (Å²) in [5.74, 6) is 1.05. The van der Waals surface area contributed by atoms with Crippen molar-refractivity contribution in [3.8, 4) is 0 Å². The summed E-state index contributed by atoms with van der Waals surface area (Å²) in [7, 11) is 0. The third-order valence-corrected chi connectivity index (χ3v) is 3.88. The third-order valence-electron chi connectivity index (χ3n) is 3.88. The number of nitrogens with two attached hydrogens (primary N) is 1. The molecule has 1 aliphatic heterocycles. The van der Waals surface area contributed by atoms with Crippen molar-refractivity contribution < 1.29 is 0 Å². The zero-order valence-corrected chi connectivity index (χ0v) is 11.9.